The Kier molecular flexibility index (Phi) is 6.34. The van der Waals surface area contributed by atoms with Crippen molar-refractivity contribution in [1.82, 2.24) is 4.98 Å². The van der Waals surface area contributed by atoms with Gasteiger partial charge in [-0.15, -0.1) is 6.58 Å². The van der Waals surface area contributed by atoms with E-state index < -0.39 is 6.10 Å². The van der Waals surface area contributed by atoms with Crippen LogP contribution in [-0.4, -0.2) is 10.1 Å². The zero-order chi connectivity index (χ0) is 11.8. The third-order valence-corrected chi connectivity index (χ3v) is 2.95. The van der Waals surface area contributed by atoms with Crippen LogP contribution in [0.1, 0.15) is 43.9 Å². The fourth-order valence-corrected chi connectivity index (χ4v) is 1.77. The minimum atomic E-state index is -0.433. The van der Waals surface area contributed by atoms with E-state index in [1.165, 1.54) is 0 Å². The zero-order valence-corrected chi connectivity index (χ0v) is 11.0. The summed E-state index contributed by atoms with van der Waals surface area (Å²) in [5.41, 5.74) is 0.756. The SMILES string of the molecule is C=CCCCCCC(O)c1ccc(Br)cn1. The Balaban J connectivity index is 2.26. The van der Waals surface area contributed by atoms with Crippen LogP contribution in [0.4, 0.5) is 0 Å². The molecule has 0 spiro atoms. The van der Waals surface area contributed by atoms with Gasteiger partial charge in [0.2, 0.25) is 0 Å². The molecule has 0 radical (unpaired) electrons. The molecule has 88 valence electrons. The molecule has 1 aromatic rings. The van der Waals surface area contributed by atoms with Crippen molar-refractivity contribution in [2.45, 2.75) is 38.2 Å². The predicted octanol–water partition coefficient (Wildman–Crippen LogP) is 4.01. The molecule has 1 heterocycles. The molecule has 3 heteroatoms. The van der Waals surface area contributed by atoms with Gasteiger partial charge in [0, 0.05) is 10.7 Å². The van der Waals surface area contributed by atoms with Crippen molar-refractivity contribution in [3.8, 4) is 0 Å². The van der Waals surface area contributed by atoms with E-state index in [4.69, 9.17) is 0 Å². The highest BCUT2D eigenvalue weighted by atomic mass is 79.9. The maximum absolute atomic E-state index is 9.87. The summed E-state index contributed by atoms with van der Waals surface area (Å²) in [7, 11) is 0. The van der Waals surface area contributed by atoms with Crippen LogP contribution in [-0.2, 0) is 0 Å². The number of hydrogen-bond donors (Lipinski definition) is 1. The topological polar surface area (TPSA) is 33.1 Å². The molecule has 16 heavy (non-hydrogen) atoms. The molecule has 1 aromatic heterocycles. The number of nitrogens with zero attached hydrogens (tertiary/aromatic N) is 1. The smallest absolute Gasteiger partial charge is 0.0959 e. The normalized spacial score (nSPS) is 12.4. The number of hydrogen-bond acceptors (Lipinski definition) is 2. The van der Waals surface area contributed by atoms with Crippen molar-refractivity contribution < 1.29 is 5.11 Å². The monoisotopic (exact) mass is 283 g/mol. The number of allylic oxidation sites excluding steroid dienone is 1. The third-order valence-electron chi connectivity index (χ3n) is 2.48. The van der Waals surface area contributed by atoms with Crippen LogP contribution >= 0.6 is 15.9 Å². The Labute approximate surface area is 106 Å². The molecule has 0 aliphatic rings. The number of halogens is 1. The second-order valence-corrected chi connectivity index (χ2v) is 4.76. The van der Waals surface area contributed by atoms with Crippen LogP contribution in [0, 0.1) is 0 Å². The second kappa shape index (κ2) is 7.58. The molecule has 1 N–H and O–H groups in total. The quantitative estimate of drug-likeness (QED) is 0.606. The van der Waals surface area contributed by atoms with Crippen LogP contribution in [0.2, 0.25) is 0 Å². The first kappa shape index (κ1) is 13.4. The van der Waals surface area contributed by atoms with Crippen molar-refractivity contribution in [2.75, 3.05) is 0 Å². The lowest BCUT2D eigenvalue weighted by atomic mass is 10.1. The van der Waals surface area contributed by atoms with Gasteiger partial charge in [-0.3, -0.25) is 4.98 Å². The standard InChI is InChI=1S/C13H18BrNO/c1-2-3-4-5-6-7-13(16)12-9-8-11(14)10-15-12/h2,8-10,13,16H,1,3-7H2. The average Bonchev–Trinajstić information content (AvgIpc) is 2.29. The van der Waals surface area contributed by atoms with E-state index in [-0.39, 0.29) is 0 Å². The molecule has 0 aliphatic heterocycles. The van der Waals surface area contributed by atoms with Crippen LogP contribution in [0.15, 0.2) is 35.5 Å². The summed E-state index contributed by atoms with van der Waals surface area (Å²) in [6.45, 7) is 3.69. The maximum Gasteiger partial charge on any atom is 0.0959 e. The van der Waals surface area contributed by atoms with Crippen LogP contribution < -0.4 is 0 Å². The largest absolute Gasteiger partial charge is 0.387 e. The number of aromatic nitrogens is 1. The molecule has 1 rings (SSSR count). The Morgan fingerprint density at radius 2 is 2.19 bits per heavy atom. The van der Waals surface area contributed by atoms with Crippen molar-refractivity contribution in [3.63, 3.8) is 0 Å². The summed E-state index contributed by atoms with van der Waals surface area (Å²) in [5, 5.41) is 9.87. The van der Waals surface area contributed by atoms with E-state index in [2.05, 4.69) is 27.5 Å². The first-order valence-corrected chi connectivity index (χ1v) is 6.43. The van der Waals surface area contributed by atoms with Gasteiger partial charge in [-0.25, -0.2) is 0 Å². The van der Waals surface area contributed by atoms with Gasteiger partial charge in [0.05, 0.1) is 11.8 Å². The van der Waals surface area contributed by atoms with Gasteiger partial charge in [0.1, 0.15) is 0 Å². The van der Waals surface area contributed by atoms with Gasteiger partial charge in [-0.05, 0) is 47.3 Å². The van der Waals surface area contributed by atoms with Gasteiger partial charge in [0.25, 0.3) is 0 Å². The van der Waals surface area contributed by atoms with Gasteiger partial charge in [-0.2, -0.15) is 0 Å². The Hall–Kier alpha value is -0.670. The van der Waals surface area contributed by atoms with Gasteiger partial charge < -0.3 is 5.11 Å². The lowest BCUT2D eigenvalue weighted by Crippen LogP contribution is -1.99. The zero-order valence-electron chi connectivity index (χ0n) is 9.40. The third kappa shape index (κ3) is 4.90. The molecule has 0 aromatic carbocycles. The molecule has 0 bridgehead atoms. The van der Waals surface area contributed by atoms with Gasteiger partial charge in [0.15, 0.2) is 0 Å². The van der Waals surface area contributed by atoms with Gasteiger partial charge >= 0.3 is 0 Å². The molecule has 1 atom stereocenters. The van der Waals surface area contributed by atoms with Crippen molar-refractivity contribution in [2.24, 2.45) is 0 Å². The average molecular weight is 284 g/mol. The fourth-order valence-electron chi connectivity index (χ4n) is 1.54. The van der Waals surface area contributed by atoms with Gasteiger partial charge in [-0.1, -0.05) is 18.9 Å². The first-order valence-electron chi connectivity index (χ1n) is 5.64. The Bertz CT molecular complexity index is 310. The first-order chi connectivity index (χ1) is 7.74. The molecular formula is C13H18BrNO. The number of aliphatic hydroxyl groups is 1. The summed E-state index contributed by atoms with van der Waals surface area (Å²) in [4.78, 5) is 4.18. The van der Waals surface area contributed by atoms with E-state index in [1.54, 1.807) is 6.20 Å². The van der Waals surface area contributed by atoms with E-state index in [0.29, 0.717) is 0 Å². The lowest BCUT2D eigenvalue weighted by molar-refractivity contribution is 0.159. The Morgan fingerprint density at radius 3 is 2.81 bits per heavy atom. The van der Waals surface area contributed by atoms with Crippen molar-refractivity contribution in [1.29, 1.82) is 0 Å². The van der Waals surface area contributed by atoms with E-state index >= 15 is 0 Å². The molecule has 2 nitrogen and oxygen atoms in total. The number of pyridine rings is 1. The fraction of sp³-hybridized carbons (Fsp3) is 0.462. The van der Waals surface area contributed by atoms with Crippen LogP contribution in [0.25, 0.3) is 0 Å². The van der Waals surface area contributed by atoms with Crippen LogP contribution in [0.5, 0.6) is 0 Å². The second-order valence-electron chi connectivity index (χ2n) is 3.84. The van der Waals surface area contributed by atoms with E-state index in [1.807, 2.05) is 18.2 Å². The Morgan fingerprint density at radius 1 is 1.38 bits per heavy atom. The molecule has 0 amide bonds. The highest BCUT2D eigenvalue weighted by Crippen LogP contribution is 2.19. The summed E-state index contributed by atoms with van der Waals surface area (Å²) in [6.07, 6.45) is 8.40. The molecule has 1 unspecified atom stereocenters. The summed E-state index contributed by atoms with van der Waals surface area (Å²) < 4.78 is 0.939. The highest BCUT2D eigenvalue weighted by Gasteiger charge is 2.07. The predicted molar refractivity (Wildman–Crippen MR) is 70.2 cm³/mol. The maximum atomic E-state index is 9.87. The molecular weight excluding hydrogens is 266 g/mol. The summed E-state index contributed by atoms with van der Waals surface area (Å²) >= 11 is 3.32. The molecule has 0 aliphatic carbocycles. The molecule has 0 saturated heterocycles. The minimum absolute atomic E-state index is 0.433. The van der Waals surface area contributed by atoms with Crippen molar-refractivity contribution >= 4 is 15.9 Å². The number of rotatable bonds is 7. The minimum Gasteiger partial charge on any atom is -0.387 e. The lowest BCUT2D eigenvalue weighted by Gasteiger charge is -2.09. The van der Waals surface area contributed by atoms with E-state index in [9.17, 15) is 5.11 Å². The number of aliphatic hydroxyl groups excluding tert-OH is 1. The molecule has 0 saturated carbocycles. The van der Waals surface area contributed by atoms with Crippen LogP contribution in [0.3, 0.4) is 0 Å². The summed E-state index contributed by atoms with van der Waals surface area (Å²) in [6, 6.07) is 3.77. The molecule has 0 fully saturated rings. The highest BCUT2D eigenvalue weighted by molar-refractivity contribution is 9.10. The number of unbranched alkanes of at least 4 members (excludes halogenated alkanes) is 3. The summed E-state index contributed by atoms with van der Waals surface area (Å²) in [5.74, 6) is 0. The van der Waals surface area contributed by atoms with Crippen molar-refractivity contribution in [3.05, 3.63) is 41.2 Å². The van der Waals surface area contributed by atoms with E-state index in [0.717, 1.165) is 42.3 Å².